The molecule has 0 spiro atoms. The van der Waals surface area contributed by atoms with Crippen LogP contribution >= 0.6 is 11.6 Å². The summed E-state index contributed by atoms with van der Waals surface area (Å²) in [5.74, 6) is -0.703. The Bertz CT molecular complexity index is 688. The number of amides is 1. The number of hydrogen-bond acceptors (Lipinski definition) is 3. The molecule has 0 radical (unpaired) electrons. The number of anilines is 2. The first kappa shape index (κ1) is 13.8. The van der Waals surface area contributed by atoms with Crippen molar-refractivity contribution in [1.29, 1.82) is 0 Å². The molecule has 1 amide bonds. The Labute approximate surface area is 126 Å². The number of hydrogen-bond donors (Lipinski definition) is 2. The first-order chi connectivity index (χ1) is 10.1. The van der Waals surface area contributed by atoms with E-state index in [1.54, 1.807) is 0 Å². The summed E-state index contributed by atoms with van der Waals surface area (Å²) in [7, 11) is 0. The number of benzene rings is 1. The Morgan fingerprint density at radius 2 is 2.10 bits per heavy atom. The van der Waals surface area contributed by atoms with Crippen LogP contribution in [0.1, 0.15) is 23.2 Å². The van der Waals surface area contributed by atoms with Crippen LogP contribution < -0.4 is 10.6 Å². The summed E-state index contributed by atoms with van der Waals surface area (Å²) in [5, 5.41) is 6.22. The van der Waals surface area contributed by atoms with E-state index in [1.807, 2.05) is 0 Å². The van der Waals surface area contributed by atoms with Gasteiger partial charge in [0.15, 0.2) is 0 Å². The molecule has 4 nitrogen and oxygen atoms in total. The Morgan fingerprint density at radius 1 is 1.29 bits per heavy atom. The van der Waals surface area contributed by atoms with Crippen molar-refractivity contribution in [2.75, 3.05) is 10.6 Å². The maximum absolute atomic E-state index is 13.4. The molecule has 6 heteroatoms. The van der Waals surface area contributed by atoms with Gasteiger partial charge in [0, 0.05) is 18.4 Å². The average molecular weight is 306 g/mol. The van der Waals surface area contributed by atoms with Crippen LogP contribution in [-0.4, -0.2) is 16.9 Å². The van der Waals surface area contributed by atoms with Crippen LogP contribution in [0.15, 0.2) is 36.7 Å². The van der Waals surface area contributed by atoms with Gasteiger partial charge in [0.05, 0.1) is 22.0 Å². The Balaban J connectivity index is 1.83. The molecule has 2 aromatic rings. The van der Waals surface area contributed by atoms with E-state index < -0.39 is 0 Å². The number of pyridine rings is 1. The monoisotopic (exact) mass is 305 g/mol. The summed E-state index contributed by atoms with van der Waals surface area (Å²) >= 11 is 5.95. The second-order valence-electron chi connectivity index (χ2n) is 4.92. The van der Waals surface area contributed by atoms with Gasteiger partial charge < -0.3 is 10.6 Å². The number of rotatable bonds is 4. The fourth-order valence-corrected chi connectivity index (χ4v) is 2.15. The number of halogens is 2. The van der Waals surface area contributed by atoms with E-state index in [1.165, 1.54) is 36.7 Å². The van der Waals surface area contributed by atoms with Crippen molar-refractivity contribution in [1.82, 2.24) is 4.98 Å². The maximum atomic E-state index is 13.4. The Morgan fingerprint density at radius 3 is 2.81 bits per heavy atom. The predicted octanol–water partition coefficient (Wildman–Crippen LogP) is 3.70. The Hall–Kier alpha value is -2.14. The lowest BCUT2D eigenvalue weighted by Crippen LogP contribution is -2.15. The van der Waals surface area contributed by atoms with Gasteiger partial charge in [0.1, 0.15) is 5.82 Å². The number of carbonyl (C=O) groups is 1. The summed E-state index contributed by atoms with van der Waals surface area (Å²) in [4.78, 5) is 16.1. The summed E-state index contributed by atoms with van der Waals surface area (Å²) in [6.07, 6.45) is 5.01. The van der Waals surface area contributed by atoms with Gasteiger partial charge in [-0.25, -0.2) is 4.39 Å². The van der Waals surface area contributed by atoms with Crippen LogP contribution in [0.4, 0.5) is 15.8 Å². The average Bonchev–Trinajstić information content (AvgIpc) is 3.26. The molecular formula is C15H13ClFN3O. The van der Waals surface area contributed by atoms with Crippen molar-refractivity contribution >= 4 is 28.9 Å². The van der Waals surface area contributed by atoms with Gasteiger partial charge in [-0.15, -0.1) is 0 Å². The van der Waals surface area contributed by atoms with E-state index in [0.29, 0.717) is 23.0 Å². The van der Waals surface area contributed by atoms with Crippen molar-refractivity contribution in [2.45, 2.75) is 18.9 Å². The van der Waals surface area contributed by atoms with Gasteiger partial charge in [-0.3, -0.25) is 9.78 Å². The van der Waals surface area contributed by atoms with E-state index in [9.17, 15) is 9.18 Å². The molecule has 1 aromatic carbocycles. The lowest BCUT2D eigenvalue weighted by Gasteiger charge is -2.13. The molecule has 1 aliphatic rings. The second kappa shape index (κ2) is 5.69. The van der Waals surface area contributed by atoms with Crippen LogP contribution in [0, 0.1) is 5.82 Å². The quantitative estimate of drug-likeness (QED) is 0.905. The highest BCUT2D eigenvalue weighted by Crippen LogP contribution is 2.30. The second-order valence-corrected chi connectivity index (χ2v) is 5.33. The molecule has 1 saturated carbocycles. The van der Waals surface area contributed by atoms with Gasteiger partial charge in [-0.1, -0.05) is 11.6 Å². The minimum Gasteiger partial charge on any atom is -0.381 e. The minimum atomic E-state index is -0.354. The van der Waals surface area contributed by atoms with E-state index in [2.05, 4.69) is 15.6 Å². The third-order valence-corrected chi connectivity index (χ3v) is 3.49. The van der Waals surface area contributed by atoms with Gasteiger partial charge in [0.25, 0.3) is 5.91 Å². The van der Waals surface area contributed by atoms with Crippen LogP contribution in [0.3, 0.4) is 0 Å². The van der Waals surface area contributed by atoms with Crippen molar-refractivity contribution in [2.24, 2.45) is 0 Å². The van der Waals surface area contributed by atoms with Crippen LogP contribution in [-0.2, 0) is 0 Å². The standard InChI is InChI=1S/C15H13ClFN3O/c16-12-8-18-6-5-11(12)15(21)20-13-4-1-9(17)7-14(13)19-10-2-3-10/h1,4-8,10,19H,2-3H2,(H,20,21). The first-order valence-corrected chi connectivity index (χ1v) is 6.98. The third kappa shape index (κ3) is 3.31. The minimum absolute atomic E-state index is 0.272. The zero-order chi connectivity index (χ0) is 14.8. The SMILES string of the molecule is O=C(Nc1ccc(F)cc1NC1CC1)c1ccncc1Cl. The van der Waals surface area contributed by atoms with Crippen molar-refractivity contribution < 1.29 is 9.18 Å². The highest BCUT2D eigenvalue weighted by atomic mass is 35.5. The molecule has 1 aromatic heterocycles. The van der Waals surface area contributed by atoms with E-state index >= 15 is 0 Å². The molecule has 0 bridgehead atoms. The molecule has 1 fully saturated rings. The molecular weight excluding hydrogens is 293 g/mol. The first-order valence-electron chi connectivity index (χ1n) is 6.60. The van der Waals surface area contributed by atoms with Gasteiger partial charge in [0.2, 0.25) is 0 Å². The largest absolute Gasteiger partial charge is 0.381 e. The zero-order valence-electron chi connectivity index (χ0n) is 11.1. The summed E-state index contributed by atoms with van der Waals surface area (Å²) in [6, 6.07) is 6.11. The zero-order valence-corrected chi connectivity index (χ0v) is 11.8. The van der Waals surface area contributed by atoms with Crippen molar-refractivity contribution in [3.63, 3.8) is 0 Å². The fraction of sp³-hybridized carbons (Fsp3) is 0.200. The van der Waals surface area contributed by atoms with Crippen LogP contribution in [0.2, 0.25) is 5.02 Å². The lowest BCUT2D eigenvalue weighted by atomic mass is 10.2. The molecule has 2 N–H and O–H groups in total. The van der Waals surface area contributed by atoms with E-state index in [-0.39, 0.29) is 16.7 Å². The normalized spacial score (nSPS) is 13.8. The highest BCUT2D eigenvalue weighted by molar-refractivity contribution is 6.34. The van der Waals surface area contributed by atoms with Gasteiger partial charge in [-0.05, 0) is 37.1 Å². The van der Waals surface area contributed by atoms with Gasteiger partial charge in [-0.2, -0.15) is 0 Å². The molecule has 3 rings (SSSR count). The molecule has 108 valence electrons. The molecule has 0 atom stereocenters. The Kier molecular flexibility index (Phi) is 3.75. The number of nitrogens with zero attached hydrogens (tertiary/aromatic N) is 1. The topological polar surface area (TPSA) is 54.0 Å². The number of carbonyl (C=O) groups excluding carboxylic acids is 1. The fourth-order valence-electron chi connectivity index (χ4n) is 1.94. The maximum Gasteiger partial charge on any atom is 0.257 e. The lowest BCUT2D eigenvalue weighted by molar-refractivity contribution is 0.102. The predicted molar refractivity (Wildman–Crippen MR) is 80.2 cm³/mol. The molecule has 0 aliphatic heterocycles. The highest BCUT2D eigenvalue weighted by Gasteiger charge is 2.22. The summed E-state index contributed by atoms with van der Waals surface area (Å²) < 4.78 is 13.4. The number of aromatic nitrogens is 1. The number of nitrogens with one attached hydrogen (secondary N) is 2. The molecule has 1 heterocycles. The van der Waals surface area contributed by atoms with Gasteiger partial charge >= 0.3 is 0 Å². The van der Waals surface area contributed by atoms with Crippen LogP contribution in [0.25, 0.3) is 0 Å². The van der Waals surface area contributed by atoms with E-state index in [4.69, 9.17) is 11.6 Å². The molecule has 21 heavy (non-hydrogen) atoms. The molecule has 0 saturated heterocycles. The third-order valence-electron chi connectivity index (χ3n) is 3.18. The molecule has 0 unspecified atom stereocenters. The summed E-state index contributed by atoms with van der Waals surface area (Å²) in [6.45, 7) is 0. The van der Waals surface area contributed by atoms with Crippen molar-refractivity contribution in [3.8, 4) is 0 Å². The van der Waals surface area contributed by atoms with E-state index in [0.717, 1.165) is 12.8 Å². The summed E-state index contributed by atoms with van der Waals surface area (Å²) in [5.41, 5.74) is 1.44. The molecule has 1 aliphatic carbocycles. The van der Waals surface area contributed by atoms with Crippen molar-refractivity contribution in [3.05, 3.63) is 53.1 Å². The smallest absolute Gasteiger partial charge is 0.257 e. The van der Waals surface area contributed by atoms with Crippen LogP contribution in [0.5, 0.6) is 0 Å².